The molecule has 5 nitrogen and oxygen atoms in total. The molecule has 0 unspecified atom stereocenters. The molecule has 4 rings (SSSR count). The van der Waals surface area contributed by atoms with E-state index >= 15 is 0 Å². The molecule has 24 heavy (non-hydrogen) atoms. The molecule has 3 aliphatic rings. The predicted octanol–water partition coefficient (Wildman–Crippen LogP) is 1.32. The smallest absolute Gasteiger partial charge is 0.247 e. The highest BCUT2D eigenvalue weighted by molar-refractivity contribution is 5.97. The van der Waals surface area contributed by atoms with E-state index in [1.807, 2.05) is 9.80 Å². The van der Waals surface area contributed by atoms with Crippen LogP contribution in [-0.4, -0.2) is 64.8 Å². The van der Waals surface area contributed by atoms with Crippen LogP contribution in [0, 0.1) is 13.8 Å². The van der Waals surface area contributed by atoms with Crippen LogP contribution in [0.3, 0.4) is 0 Å². The molecule has 5 heteroatoms. The second-order valence-electron chi connectivity index (χ2n) is 7.39. The molecule has 2 atom stereocenters. The minimum Gasteiger partial charge on any atom is -0.329 e. The Balaban J connectivity index is 1.49. The molecule has 0 N–H and O–H groups in total. The highest BCUT2D eigenvalue weighted by Gasteiger charge is 2.49. The summed E-state index contributed by atoms with van der Waals surface area (Å²) in [6, 6.07) is 6.09. The van der Waals surface area contributed by atoms with Crippen LogP contribution >= 0.6 is 0 Å². The van der Waals surface area contributed by atoms with Crippen LogP contribution in [0.2, 0.25) is 0 Å². The van der Waals surface area contributed by atoms with Gasteiger partial charge in [0, 0.05) is 32.7 Å². The number of aryl methyl sites for hydroxylation is 2. The Morgan fingerprint density at radius 3 is 2.50 bits per heavy atom. The van der Waals surface area contributed by atoms with E-state index in [1.54, 1.807) is 0 Å². The molecule has 0 aromatic heterocycles. The van der Waals surface area contributed by atoms with Gasteiger partial charge in [-0.25, -0.2) is 0 Å². The predicted molar refractivity (Wildman–Crippen MR) is 91.4 cm³/mol. The van der Waals surface area contributed by atoms with Crippen LogP contribution in [0.25, 0.3) is 0 Å². The van der Waals surface area contributed by atoms with Gasteiger partial charge >= 0.3 is 0 Å². The number of piperazine rings is 2. The van der Waals surface area contributed by atoms with Gasteiger partial charge in [0.2, 0.25) is 11.8 Å². The second-order valence-corrected chi connectivity index (χ2v) is 7.39. The lowest BCUT2D eigenvalue weighted by atomic mass is 10.0. The van der Waals surface area contributed by atoms with Gasteiger partial charge in [0.25, 0.3) is 0 Å². The zero-order valence-electron chi connectivity index (χ0n) is 14.5. The maximum atomic E-state index is 12.8. The van der Waals surface area contributed by atoms with E-state index in [0.717, 1.165) is 32.5 Å². The van der Waals surface area contributed by atoms with E-state index in [9.17, 15) is 9.59 Å². The van der Waals surface area contributed by atoms with Crippen molar-refractivity contribution in [2.75, 3.05) is 26.2 Å². The van der Waals surface area contributed by atoms with Crippen LogP contribution in [0.4, 0.5) is 0 Å². The van der Waals surface area contributed by atoms with E-state index in [4.69, 9.17) is 0 Å². The largest absolute Gasteiger partial charge is 0.329 e. The van der Waals surface area contributed by atoms with Gasteiger partial charge in [-0.05, 0) is 43.4 Å². The minimum atomic E-state index is -0.285. The van der Waals surface area contributed by atoms with Crippen LogP contribution in [-0.2, 0) is 16.1 Å². The third kappa shape index (κ3) is 2.51. The number of benzene rings is 1. The molecule has 3 heterocycles. The summed E-state index contributed by atoms with van der Waals surface area (Å²) < 4.78 is 0. The molecule has 2 amide bonds. The Hall–Kier alpha value is -1.88. The number of amides is 2. The molecule has 1 aromatic carbocycles. The zero-order valence-corrected chi connectivity index (χ0v) is 14.5. The van der Waals surface area contributed by atoms with Gasteiger partial charge in [-0.15, -0.1) is 0 Å². The van der Waals surface area contributed by atoms with Crippen molar-refractivity contribution < 1.29 is 9.59 Å². The minimum absolute atomic E-state index is 0.155. The molecule has 0 aliphatic carbocycles. The van der Waals surface area contributed by atoms with Gasteiger partial charge in [0.15, 0.2) is 0 Å². The topological polar surface area (TPSA) is 43.9 Å². The fourth-order valence-corrected chi connectivity index (χ4v) is 4.29. The lowest BCUT2D eigenvalue weighted by molar-refractivity contribution is -0.163. The first-order valence-corrected chi connectivity index (χ1v) is 8.94. The molecular formula is C19H25N3O2. The summed E-state index contributed by atoms with van der Waals surface area (Å²) in [5.41, 5.74) is 3.88. The summed E-state index contributed by atoms with van der Waals surface area (Å²) in [5.74, 6) is 0.324. The third-order valence-electron chi connectivity index (χ3n) is 5.83. The Morgan fingerprint density at radius 1 is 0.958 bits per heavy atom. The highest BCUT2D eigenvalue weighted by atomic mass is 16.2. The highest BCUT2D eigenvalue weighted by Crippen LogP contribution is 2.29. The Bertz CT molecular complexity index is 687. The number of carbonyl (C=O) groups is 2. The van der Waals surface area contributed by atoms with Crippen molar-refractivity contribution in [3.63, 3.8) is 0 Å². The number of hydrogen-bond acceptors (Lipinski definition) is 3. The fraction of sp³-hybridized carbons (Fsp3) is 0.579. The quantitative estimate of drug-likeness (QED) is 0.823. The summed E-state index contributed by atoms with van der Waals surface area (Å²) in [4.78, 5) is 31.4. The maximum Gasteiger partial charge on any atom is 0.247 e. The van der Waals surface area contributed by atoms with Crippen molar-refractivity contribution in [1.82, 2.24) is 14.7 Å². The normalized spacial score (nSPS) is 27.4. The van der Waals surface area contributed by atoms with Crippen LogP contribution in [0.5, 0.6) is 0 Å². The van der Waals surface area contributed by atoms with E-state index < -0.39 is 0 Å². The van der Waals surface area contributed by atoms with E-state index in [2.05, 4.69) is 36.9 Å². The van der Waals surface area contributed by atoms with Gasteiger partial charge < -0.3 is 9.80 Å². The summed E-state index contributed by atoms with van der Waals surface area (Å²) in [6.45, 7) is 8.01. The molecule has 1 aromatic rings. The second kappa shape index (κ2) is 5.88. The van der Waals surface area contributed by atoms with Crippen molar-refractivity contribution in [2.45, 2.75) is 45.3 Å². The molecule has 0 saturated carbocycles. The average Bonchev–Trinajstić information content (AvgIpc) is 3.06. The van der Waals surface area contributed by atoms with Crippen molar-refractivity contribution in [1.29, 1.82) is 0 Å². The van der Waals surface area contributed by atoms with E-state index in [0.29, 0.717) is 13.1 Å². The Morgan fingerprint density at radius 2 is 1.71 bits per heavy atom. The molecular weight excluding hydrogens is 302 g/mol. The van der Waals surface area contributed by atoms with Gasteiger partial charge in [0.1, 0.15) is 12.1 Å². The lowest BCUT2D eigenvalue weighted by Crippen LogP contribution is -2.68. The van der Waals surface area contributed by atoms with Gasteiger partial charge in [-0.2, -0.15) is 0 Å². The van der Waals surface area contributed by atoms with E-state index in [1.165, 1.54) is 16.7 Å². The van der Waals surface area contributed by atoms with E-state index in [-0.39, 0.29) is 23.9 Å². The average molecular weight is 327 g/mol. The first-order chi connectivity index (χ1) is 11.5. The standard InChI is InChI=1S/C19H25N3O2/c1-13-5-6-15(10-14(13)2)11-20-8-9-22-17(12-20)19(24)21-7-3-4-16(21)18(22)23/h5-6,10,16-17H,3-4,7-9,11-12H2,1-2H3/t16-,17+/m0/s1. The number of carbonyl (C=O) groups excluding carboxylic acids is 2. The summed E-state index contributed by atoms with van der Waals surface area (Å²) >= 11 is 0. The molecule has 3 fully saturated rings. The van der Waals surface area contributed by atoms with Crippen molar-refractivity contribution in [2.24, 2.45) is 0 Å². The summed E-state index contributed by atoms with van der Waals surface area (Å²) in [7, 11) is 0. The number of fused-ring (bicyclic) bond motifs is 2. The number of nitrogens with zero attached hydrogens (tertiary/aromatic N) is 3. The fourth-order valence-electron chi connectivity index (χ4n) is 4.29. The van der Waals surface area contributed by atoms with Crippen LogP contribution < -0.4 is 0 Å². The molecule has 3 saturated heterocycles. The van der Waals surface area contributed by atoms with Crippen molar-refractivity contribution in [3.05, 3.63) is 34.9 Å². The molecule has 3 aliphatic heterocycles. The first-order valence-electron chi connectivity index (χ1n) is 8.94. The van der Waals surface area contributed by atoms with Crippen LogP contribution in [0.1, 0.15) is 29.5 Å². The van der Waals surface area contributed by atoms with Gasteiger partial charge in [0.05, 0.1) is 0 Å². The van der Waals surface area contributed by atoms with Crippen molar-refractivity contribution >= 4 is 11.8 Å². The molecule has 0 radical (unpaired) electrons. The van der Waals surface area contributed by atoms with Gasteiger partial charge in [-0.3, -0.25) is 14.5 Å². The SMILES string of the molecule is Cc1ccc(CN2CCN3C(=O)[C@@H]4CCCN4C(=O)[C@H]3C2)cc1C. The van der Waals surface area contributed by atoms with Crippen molar-refractivity contribution in [3.8, 4) is 0 Å². The monoisotopic (exact) mass is 327 g/mol. The first kappa shape index (κ1) is 15.6. The summed E-state index contributed by atoms with van der Waals surface area (Å²) in [6.07, 6.45) is 1.79. The maximum absolute atomic E-state index is 12.8. The van der Waals surface area contributed by atoms with Crippen LogP contribution in [0.15, 0.2) is 18.2 Å². The molecule has 0 bridgehead atoms. The third-order valence-corrected chi connectivity index (χ3v) is 5.83. The van der Waals surface area contributed by atoms with Gasteiger partial charge in [-0.1, -0.05) is 18.2 Å². The lowest BCUT2D eigenvalue weighted by Gasteiger charge is -2.47. The summed E-state index contributed by atoms with van der Waals surface area (Å²) in [5, 5.41) is 0. The molecule has 128 valence electrons. The Kier molecular flexibility index (Phi) is 3.83. The number of hydrogen-bond donors (Lipinski definition) is 0. The Labute approximate surface area is 143 Å². The zero-order chi connectivity index (χ0) is 16.8. The molecule has 0 spiro atoms. The number of rotatable bonds is 2.